The SMILES string of the molecule is C[Si](C)(C)CCOCn1cnc2ccc(N)cc21. The van der Waals surface area contributed by atoms with Crippen molar-refractivity contribution in [3.63, 3.8) is 0 Å². The maximum absolute atomic E-state index is 5.79. The number of anilines is 1. The highest BCUT2D eigenvalue weighted by molar-refractivity contribution is 6.76. The molecule has 0 aliphatic heterocycles. The van der Waals surface area contributed by atoms with Gasteiger partial charge in [0, 0.05) is 20.4 Å². The van der Waals surface area contributed by atoms with E-state index in [1.807, 2.05) is 22.8 Å². The molecule has 5 heteroatoms. The monoisotopic (exact) mass is 263 g/mol. The quantitative estimate of drug-likeness (QED) is 0.512. The van der Waals surface area contributed by atoms with Gasteiger partial charge in [0.1, 0.15) is 6.73 Å². The average Bonchev–Trinajstić information content (AvgIpc) is 2.66. The Bertz CT molecular complexity index is 531. The Morgan fingerprint density at radius 2 is 2.11 bits per heavy atom. The highest BCUT2D eigenvalue weighted by atomic mass is 28.3. The van der Waals surface area contributed by atoms with Crippen LogP contribution >= 0.6 is 0 Å². The number of rotatable bonds is 5. The van der Waals surface area contributed by atoms with E-state index in [-0.39, 0.29) is 0 Å². The molecule has 0 fully saturated rings. The fraction of sp³-hybridized carbons (Fsp3) is 0.462. The topological polar surface area (TPSA) is 53.1 Å². The first kappa shape index (κ1) is 13.1. The van der Waals surface area contributed by atoms with Crippen LogP contribution in [-0.4, -0.2) is 24.2 Å². The van der Waals surface area contributed by atoms with Crippen LogP contribution in [0.2, 0.25) is 25.7 Å². The average molecular weight is 263 g/mol. The second-order valence-corrected chi connectivity index (χ2v) is 11.4. The number of fused-ring (bicyclic) bond motifs is 1. The first-order valence-corrected chi connectivity index (χ1v) is 9.94. The van der Waals surface area contributed by atoms with E-state index in [9.17, 15) is 0 Å². The molecule has 0 radical (unpaired) electrons. The van der Waals surface area contributed by atoms with E-state index in [1.54, 1.807) is 6.33 Å². The smallest absolute Gasteiger partial charge is 0.124 e. The molecule has 1 aromatic heterocycles. The summed E-state index contributed by atoms with van der Waals surface area (Å²) in [5.74, 6) is 0. The van der Waals surface area contributed by atoms with Gasteiger partial charge in [-0.25, -0.2) is 4.98 Å². The molecule has 0 saturated carbocycles. The fourth-order valence-corrected chi connectivity index (χ4v) is 2.47. The molecule has 0 amide bonds. The van der Waals surface area contributed by atoms with Crippen molar-refractivity contribution in [3.05, 3.63) is 24.5 Å². The van der Waals surface area contributed by atoms with Gasteiger partial charge in [-0.2, -0.15) is 0 Å². The van der Waals surface area contributed by atoms with Crippen molar-refractivity contribution in [3.8, 4) is 0 Å². The Morgan fingerprint density at radius 1 is 1.33 bits per heavy atom. The van der Waals surface area contributed by atoms with E-state index >= 15 is 0 Å². The van der Waals surface area contributed by atoms with E-state index in [0.29, 0.717) is 6.73 Å². The van der Waals surface area contributed by atoms with Crippen molar-refractivity contribution in [1.29, 1.82) is 0 Å². The van der Waals surface area contributed by atoms with Gasteiger partial charge in [-0.05, 0) is 24.2 Å². The van der Waals surface area contributed by atoms with Gasteiger partial charge < -0.3 is 15.0 Å². The second-order valence-electron chi connectivity index (χ2n) is 5.81. The minimum atomic E-state index is -1.01. The van der Waals surface area contributed by atoms with Gasteiger partial charge in [-0.3, -0.25) is 0 Å². The van der Waals surface area contributed by atoms with Crippen molar-refractivity contribution in [2.45, 2.75) is 32.4 Å². The second kappa shape index (κ2) is 5.12. The number of imidazole rings is 1. The van der Waals surface area contributed by atoms with Crippen LogP contribution in [0.1, 0.15) is 0 Å². The van der Waals surface area contributed by atoms with E-state index in [4.69, 9.17) is 10.5 Å². The highest BCUT2D eigenvalue weighted by Crippen LogP contribution is 2.16. The third-order valence-electron chi connectivity index (χ3n) is 2.87. The number of nitrogens with zero attached hydrogens (tertiary/aromatic N) is 2. The van der Waals surface area contributed by atoms with E-state index in [2.05, 4.69) is 24.6 Å². The van der Waals surface area contributed by atoms with Gasteiger partial charge in [0.2, 0.25) is 0 Å². The van der Waals surface area contributed by atoms with Gasteiger partial charge in [-0.1, -0.05) is 19.6 Å². The standard InChI is InChI=1S/C13H21N3OSi/c1-18(2,3)7-6-17-10-16-9-15-12-5-4-11(14)8-13(12)16/h4-5,8-9H,6-7,10,14H2,1-3H3. The van der Waals surface area contributed by atoms with Crippen molar-refractivity contribution in [2.24, 2.45) is 0 Å². The number of aromatic nitrogens is 2. The summed E-state index contributed by atoms with van der Waals surface area (Å²) in [6.45, 7) is 8.42. The first-order chi connectivity index (χ1) is 8.46. The number of hydrogen-bond donors (Lipinski definition) is 1. The zero-order chi connectivity index (χ0) is 13.2. The number of hydrogen-bond acceptors (Lipinski definition) is 3. The third-order valence-corrected chi connectivity index (χ3v) is 4.58. The van der Waals surface area contributed by atoms with Gasteiger partial charge in [0.15, 0.2) is 0 Å². The predicted octanol–water partition coefficient (Wildman–Crippen LogP) is 2.93. The minimum Gasteiger partial charge on any atom is -0.399 e. The van der Waals surface area contributed by atoms with Gasteiger partial charge in [0.25, 0.3) is 0 Å². The molecule has 0 aliphatic rings. The summed E-state index contributed by atoms with van der Waals surface area (Å²) in [4.78, 5) is 4.32. The molecule has 0 spiro atoms. The molecular formula is C13H21N3OSi. The van der Waals surface area contributed by atoms with E-state index in [0.717, 1.165) is 23.3 Å². The Labute approximate surface area is 109 Å². The van der Waals surface area contributed by atoms with Crippen LogP contribution in [-0.2, 0) is 11.5 Å². The summed E-state index contributed by atoms with van der Waals surface area (Å²) >= 11 is 0. The summed E-state index contributed by atoms with van der Waals surface area (Å²) in [5.41, 5.74) is 8.53. The molecule has 0 bridgehead atoms. The molecule has 0 unspecified atom stereocenters. The number of benzene rings is 1. The Morgan fingerprint density at radius 3 is 2.83 bits per heavy atom. The summed E-state index contributed by atoms with van der Waals surface area (Å²) in [6, 6.07) is 6.92. The molecule has 0 atom stereocenters. The van der Waals surface area contributed by atoms with Crippen LogP contribution in [0.15, 0.2) is 24.5 Å². The molecular weight excluding hydrogens is 242 g/mol. The molecule has 1 aromatic carbocycles. The lowest BCUT2D eigenvalue weighted by molar-refractivity contribution is 0.0898. The molecule has 4 nitrogen and oxygen atoms in total. The van der Waals surface area contributed by atoms with Crippen LogP contribution in [0.4, 0.5) is 5.69 Å². The zero-order valence-corrected chi connectivity index (χ0v) is 12.3. The lowest BCUT2D eigenvalue weighted by Gasteiger charge is -2.15. The molecule has 2 rings (SSSR count). The number of nitrogens with two attached hydrogens (primary N) is 1. The van der Waals surface area contributed by atoms with Crippen LogP contribution in [0.5, 0.6) is 0 Å². The number of nitrogen functional groups attached to an aromatic ring is 1. The Balaban J connectivity index is 1.98. The molecule has 98 valence electrons. The lowest BCUT2D eigenvalue weighted by atomic mass is 10.3. The minimum absolute atomic E-state index is 0.546. The van der Waals surface area contributed by atoms with Crippen molar-refractivity contribution in [1.82, 2.24) is 9.55 Å². The maximum Gasteiger partial charge on any atom is 0.124 e. The van der Waals surface area contributed by atoms with Crippen molar-refractivity contribution in [2.75, 3.05) is 12.3 Å². The summed E-state index contributed by atoms with van der Waals surface area (Å²) in [5, 5.41) is 0. The third kappa shape index (κ3) is 3.33. The number of ether oxygens (including phenoxy) is 1. The van der Waals surface area contributed by atoms with E-state index < -0.39 is 8.07 Å². The molecule has 2 aromatic rings. The first-order valence-electron chi connectivity index (χ1n) is 6.24. The Hall–Kier alpha value is -1.33. The summed E-state index contributed by atoms with van der Waals surface area (Å²) in [6.07, 6.45) is 1.80. The highest BCUT2D eigenvalue weighted by Gasteiger charge is 2.12. The van der Waals surface area contributed by atoms with Gasteiger partial charge in [0.05, 0.1) is 17.4 Å². The summed E-state index contributed by atoms with van der Waals surface area (Å²) < 4.78 is 7.71. The largest absolute Gasteiger partial charge is 0.399 e. The van der Waals surface area contributed by atoms with Crippen LogP contribution in [0.25, 0.3) is 11.0 Å². The molecule has 2 N–H and O–H groups in total. The normalized spacial score (nSPS) is 12.2. The van der Waals surface area contributed by atoms with E-state index in [1.165, 1.54) is 6.04 Å². The molecule has 1 heterocycles. The fourth-order valence-electron chi connectivity index (χ4n) is 1.72. The van der Waals surface area contributed by atoms with Crippen molar-refractivity contribution >= 4 is 24.8 Å². The lowest BCUT2D eigenvalue weighted by Crippen LogP contribution is -2.21. The van der Waals surface area contributed by atoms with Crippen LogP contribution in [0, 0.1) is 0 Å². The van der Waals surface area contributed by atoms with Gasteiger partial charge >= 0.3 is 0 Å². The molecule has 0 aliphatic carbocycles. The summed E-state index contributed by atoms with van der Waals surface area (Å²) in [7, 11) is -1.01. The van der Waals surface area contributed by atoms with Crippen LogP contribution in [0.3, 0.4) is 0 Å². The zero-order valence-electron chi connectivity index (χ0n) is 11.3. The molecule has 18 heavy (non-hydrogen) atoms. The van der Waals surface area contributed by atoms with Crippen molar-refractivity contribution < 1.29 is 4.74 Å². The molecule has 0 saturated heterocycles. The van der Waals surface area contributed by atoms with Crippen LogP contribution < -0.4 is 5.73 Å². The maximum atomic E-state index is 5.79. The van der Waals surface area contributed by atoms with Gasteiger partial charge in [-0.15, -0.1) is 0 Å². The predicted molar refractivity (Wildman–Crippen MR) is 78.3 cm³/mol. The Kier molecular flexibility index (Phi) is 3.73.